The van der Waals surface area contributed by atoms with Crippen LogP contribution in [0.3, 0.4) is 0 Å². The molecule has 28 heavy (non-hydrogen) atoms. The number of hydrogen-bond acceptors (Lipinski definition) is 5. The van der Waals surface area contributed by atoms with Gasteiger partial charge in [0.15, 0.2) is 0 Å². The van der Waals surface area contributed by atoms with Crippen LogP contribution in [0.5, 0.6) is 5.75 Å². The lowest BCUT2D eigenvalue weighted by Gasteiger charge is -2.12. The maximum atomic E-state index is 12.6. The Hall–Kier alpha value is -2.68. The lowest BCUT2D eigenvalue weighted by atomic mass is 10.1. The topological polar surface area (TPSA) is 84.5 Å². The molecular formula is C20H20N2O4S2. The number of thiophene rings is 1. The molecule has 0 aliphatic carbocycles. The van der Waals surface area contributed by atoms with E-state index in [1.165, 1.54) is 24.5 Å². The highest BCUT2D eigenvalue weighted by Crippen LogP contribution is 2.29. The van der Waals surface area contributed by atoms with E-state index in [2.05, 4.69) is 10.3 Å². The molecule has 0 spiro atoms. The fraction of sp³-hybridized carbons (Fsp3) is 0.150. The number of amides is 1. The maximum Gasteiger partial charge on any atom is 0.276 e. The number of aryl methyl sites for hydroxylation is 2. The first kappa shape index (κ1) is 20.1. The molecule has 0 radical (unpaired) electrons. The number of rotatable bonds is 6. The van der Waals surface area contributed by atoms with Gasteiger partial charge in [0.1, 0.15) is 15.5 Å². The Morgan fingerprint density at radius 1 is 1.00 bits per heavy atom. The van der Waals surface area contributed by atoms with Gasteiger partial charge in [0, 0.05) is 5.56 Å². The quantitative estimate of drug-likeness (QED) is 0.601. The minimum Gasteiger partial charge on any atom is -0.495 e. The van der Waals surface area contributed by atoms with Crippen molar-refractivity contribution in [2.24, 2.45) is 0 Å². The van der Waals surface area contributed by atoms with Crippen molar-refractivity contribution in [1.29, 1.82) is 0 Å². The van der Waals surface area contributed by atoms with Gasteiger partial charge in [-0.2, -0.15) is 0 Å². The van der Waals surface area contributed by atoms with E-state index in [1.807, 2.05) is 37.3 Å². The van der Waals surface area contributed by atoms with Gasteiger partial charge in [0.05, 0.1) is 7.11 Å². The van der Waals surface area contributed by atoms with Crippen LogP contribution in [0.2, 0.25) is 0 Å². The van der Waals surface area contributed by atoms with Crippen molar-refractivity contribution < 1.29 is 17.9 Å². The maximum absolute atomic E-state index is 12.6. The van der Waals surface area contributed by atoms with Crippen molar-refractivity contribution >= 4 is 27.3 Å². The number of methoxy groups -OCH3 is 1. The molecule has 0 fully saturated rings. The molecule has 0 aliphatic rings. The second-order valence-corrected chi connectivity index (χ2v) is 8.81. The lowest BCUT2D eigenvalue weighted by molar-refractivity contribution is 0.0949. The average Bonchev–Trinajstić information content (AvgIpc) is 3.16. The molecule has 146 valence electrons. The van der Waals surface area contributed by atoms with E-state index in [0.29, 0.717) is 4.88 Å². The third kappa shape index (κ3) is 4.24. The first-order valence-corrected chi connectivity index (χ1v) is 10.8. The van der Waals surface area contributed by atoms with Gasteiger partial charge in [-0.05, 0) is 48.6 Å². The van der Waals surface area contributed by atoms with Crippen LogP contribution in [0.1, 0.15) is 20.8 Å². The summed E-state index contributed by atoms with van der Waals surface area (Å²) >= 11 is 1.24. The number of hydrogen-bond donors (Lipinski definition) is 2. The summed E-state index contributed by atoms with van der Waals surface area (Å²) in [4.78, 5) is 15.1. The largest absolute Gasteiger partial charge is 0.495 e. The molecule has 0 atom stereocenters. The monoisotopic (exact) mass is 416 g/mol. The molecule has 1 amide bonds. The SMILES string of the molecule is COc1ccc(C)cc1S(=O)(=O)NNC(=O)c1sccc1-c1ccc(C)cc1. The van der Waals surface area contributed by atoms with Crippen LogP contribution in [0, 0.1) is 13.8 Å². The average molecular weight is 417 g/mol. The summed E-state index contributed by atoms with van der Waals surface area (Å²) in [7, 11) is -2.61. The van der Waals surface area contributed by atoms with Gasteiger partial charge in [-0.25, -0.2) is 8.42 Å². The van der Waals surface area contributed by atoms with E-state index in [-0.39, 0.29) is 10.6 Å². The van der Waals surface area contributed by atoms with Crippen LogP contribution >= 0.6 is 11.3 Å². The zero-order valence-corrected chi connectivity index (χ0v) is 17.3. The molecule has 1 heterocycles. The van der Waals surface area contributed by atoms with Crippen LogP contribution in [0.15, 0.2) is 58.8 Å². The number of carbonyl (C=O) groups excluding carboxylic acids is 1. The van der Waals surface area contributed by atoms with E-state index in [4.69, 9.17) is 4.74 Å². The van der Waals surface area contributed by atoms with Gasteiger partial charge >= 0.3 is 0 Å². The second kappa shape index (κ2) is 8.14. The molecule has 8 heteroatoms. The first-order valence-electron chi connectivity index (χ1n) is 8.43. The summed E-state index contributed by atoms with van der Waals surface area (Å²) in [6, 6.07) is 14.4. The standard InChI is InChI=1S/C20H20N2O4S2/c1-13-4-7-15(8-5-13)16-10-11-27-19(16)20(23)21-22-28(24,25)18-12-14(2)6-9-17(18)26-3/h4-12,22H,1-3H3,(H,21,23). The fourth-order valence-electron chi connectivity index (χ4n) is 2.66. The third-order valence-corrected chi connectivity index (χ3v) is 6.32. The van der Waals surface area contributed by atoms with Crippen LogP contribution in [-0.2, 0) is 10.0 Å². The fourth-order valence-corrected chi connectivity index (χ4v) is 4.57. The number of hydrazine groups is 1. The van der Waals surface area contributed by atoms with E-state index in [1.54, 1.807) is 24.4 Å². The number of sulfonamides is 1. The second-order valence-electron chi connectivity index (χ2n) is 6.24. The third-order valence-electron chi connectivity index (χ3n) is 4.14. The zero-order valence-electron chi connectivity index (χ0n) is 15.6. The summed E-state index contributed by atoms with van der Waals surface area (Å²) in [5.74, 6) is -0.329. The van der Waals surface area contributed by atoms with Crippen LogP contribution in [0.25, 0.3) is 11.1 Å². The van der Waals surface area contributed by atoms with E-state index < -0.39 is 15.9 Å². The summed E-state index contributed by atoms with van der Waals surface area (Å²) in [6.45, 7) is 3.76. The van der Waals surface area contributed by atoms with Crippen molar-refractivity contribution in [2.75, 3.05) is 7.11 Å². The molecule has 0 saturated carbocycles. The highest BCUT2D eigenvalue weighted by Gasteiger charge is 2.22. The summed E-state index contributed by atoms with van der Waals surface area (Å²) < 4.78 is 30.4. The van der Waals surface area contributed by atoms with E-state index in [9.17, 15) is 13.2 Å². The lowest BCUT2D eigenvalue weighted by Crippen LogP contribution is -2.41. The molecule has 6 nitrogen and oxygen atoms in total. The van der Waals surface area contributed by atoms with Gasteiger partial charge in [-0.1, -0.05) is 35.9 Å². The van der Waals surface area contributed by atoms with Crippen molar-refractivity contribution in [1.82, 2.24) is 10.3 Å². The van der Waals surface area contributed by atoms with Gasteiger partial charge in [-0.3, -0.25) is 10.2 Å². The Morgan fingerprint density at radius 2 is 1.68 bits per heavy atom. The smallest absolute Gasteiger partial charge is 0.276 e. The predicted octanol–water partition coefficient (Wildman–Crippen LogP) is 3.66. The number of carbonyl (C=O) groups is 1. The van der Waals surface area contributed by atoms with E-state index in [0.717, 1.165) is 22.3 Å². The molecule has 0 aliphatic heterocycles. The minimum atomic E-state index is -4.00. The predicted molar refractivity (Wildman–Crippen MR) is 110 cm³/mol. The number of ether oxygens (including phenoxy) is 1. The van der Waals surface area contributed by atoms with Gasteiger partial charge in [0.25, 0.3) is 15.9 Å². The Kier molecular flexibility index (Phi) is 5.83. The highest BCUT2D eigenvalue weighted by molar-refractivity contribution is 7.89. The van der Waals surface area contributed by atoms with Gasteiger partial charge < -0.3 is 4.74 Å². The Labute approximate surface area is 168 Å². The molecule has 2 aromatic carbocycles. The number of benzene rings is 2. The summed E-state index contributed by atoms with van der Waals surface area (Å²) in [6.07, 6.45) is 0. The molecule has 0 bridgehead atoms. The van der Waals surface area contributed by atoms with Crippen LogP contribution < -0.4 is 15.0 Å². The minimum absolute atomic E-state index is 0.0414. The summed E-state index contributed by atoms with van der Waals surface area (Å²) in [5, 5.41) is 1.79. The van der Waals surface area contributed by atoms with Crippen LogP contribution in [0.4, 0.5) is 0 Å². The first-order chi connectivity index (χ1) is 13.3. The van der Waals surface area contributed by atoms with Crippen LogP contribution in [-0.4, -0.2) is 21.4 Å². The van der Waals surface area contributed by atoms with E-state index >= 15 is 0 Å². The molecule has 1 aromatic heterocycles. The Balaban J connectivity index is 1.81. The van der Waals surface area contributed by atoms with Crippen molar-refractivity contribution in [3.8, 4) is 16.9 Å². The number of nitrogens with one attached hydrogen (secondary N) is 2. The Morgan fingerprint density at radius 3 is 2.36 bits per heavy atom. The molecule has 3 rings (SSSR count). The van der Waals surface area contributed by atoms with Gasteiger partial charge in [0.2, 0.25) is 0 Å². The summed E-state index contributed by atoms with van der Waals surface area (Å²) in [5.41, 5.74) is 5.80. The van der Waals surface area contributed by atoms with Crippen molar-refractivity contribution in [3.05, 3.63) is 69.9 Å². The molecular weight excluding hydrogens is 396 g/mol. The Bertz CT molecular complexity index is 1100. The molecule has 0 unspecified atom stereocenters. The highest BCUT2D eigenvalue weighted by atomic mass is 32.2. The normalized spacial score (nSPS) is 11.2. The van der Waals surface area contributed by atoms with Crippen molar-refractivity contribution in [3.63, 3.8) is 0 Å². The zero-order chi connectivity index (χ0) is 20.3. The molecule has 2 N–H and O–H groups in total. The molecule has 0 saturated heterocycles. The van der Waals surface area contributed by atoms with Crippen molar-refractivity contribution in [2.45, 2.75) is 18.7 Å². The molecule has 3 aromatic rings. The van der Waals surface area contributed by atoms with Gasteiger partial charge in [-0.15, -0.1) is 16.2 Å².